The van der Waals surface area contributed by atoms with Gasteiger partial charge < -0.3 is 14.8 Å². The molecule has 0 bridgehead atoms. The first-order chi connectivity index (χ1) is 16.0. The Morgan fingerprint density at radius 3 is 2.44 bits per heavy atom. The molecule has 2 heterocycles. The van der Waals surface area contributed by atoms with Crippen molar-refractivity contribution in [3.63, 3.8) is 0 Å². The first-order valence-electron chi connectivity index (χ1n) is 11.1. The predicted octanol–water partition coefficient (Wildman–Crippen LogP) is 6.56. The third-order valence-electron chi connectivity index (χ3n) is 6.59. The number of aromatic amines is 1. The van der Waals surface area contributed by atoms with Crippen molar-refractivity contribution < 1.29 is 18.0 Å². The fraction of sp³-hybridized carbons (Fsp3) is 0.400. The molecule has 1 aromatic heterocycles. The molecule has 34 heavy (non-hydrogen) atoms. The Kier molecular flexibility index (Phi) is 6.91. The van der Waals surface area contributed by atoms with Gasteiger partial charge >= 0.3 is 6.18 Å². The van der Waals surface area contributed by atoms with Crippen LogP contribution in [-0.2, 0) is 12.6 Å². The van der Waals surface area contributed by atoms with E-state index in [4.69, 9.17) is 23.2 Å². The maximum Gasteiger partial charge on any atom is 0.416 e. The van der Waals surface area contributed by atoms with Crippen molar-refractivity contribution in [1.82, 2.24) is 14.8 Å². The van der Waals surface area contributed by atoms with E-state index in [-0.39, 0.29) is 17.4 Å². The number of fused-ring (bicyclic) bond motifs is 1. The third-order valence-corrected chi connectivity index (χ3v) is 7.38. The lowest BCUT2D eigenvalue weighted by Crippen LogP contribution is -2.44. The Bertz CT molecular complexity index is 1230. The predicted molar refractivity (Wildman–Crippen MR) is 130 cm³/mol. The average Bonchev–Trinajstić information content (AvgIpc) is 3.19. The number of likely N-dealkylation sites (tertiary alicyclic amines) is 1. The van der Waals surface area contributed by atoms with Crippen LogP contribution in [0.4, 0.5) is 13.2 Å². The molecule has 4 rings (SSSR count). The van der Waals surface area contributed by atoms with Crippen molar-refractivity contribution >= 4 is 40.0 Å². The van der Waals surface area contributed by atoms with Crippen LogP contribution in [-0.4, -0.2) is 53.9 Å². The molecule has 0 saturated carbocycles. The van der Waals surface area contributed by atoms with Gasteiger partial charge in [0.1, 0.15) is 0 Å². The highest BCUT2D eigenvalue weighted by Gasteiger charge is 2.31. The summed E-state index contributed by atoms with van der Waals surface area (Å²) < 4.78 is 39.6. The second-order valence-corrected chi connectivity index (χ2v) is 9.88. The summed E-state index contributed by atoms with van der Waals surface area (Å²) in [5.74, 6) is -0.137. The Labute approximate surface area is 206 Å². The van der Waals surface area contributed by atoms with E-state index in [1.165, 1.54) is 0 Å². The molecule has 1 fully saturated rings. The summed E-state index contributed by atoms with van der Waals surface area (Å²) in [5, 5.41) is 1.38. The molecule has 1 aliphatic heterocycles. The van der Waals surface area contributed by atoms with Gasteiger partial charge in [0.05, 0.1) is 16.1 Å². The zero-order valence-corrected chi connectivity index (χ0v) is 20.7. The molecular formula is C25H26Cl2F3N3O. The van der Waals surface area contributed by atoms with Crippen molar-refractivity contribution in [1.29, 1.82) is 0 Å². The normalized spacial score (nSPS) is 15.5. The summed E-state index contributed by atoms with van der Waals surface area (Å²) in [6.07, 6.45) is -2.38. The summed E-state index contributed by atoms with van der Waals surface area (Å²) in [7, 11) is 4.08. The van der Waals surface area contributed by atoms with Gasteiger partial charge in [0.2, 0.25) is 0 Å². The smallest absolute Gasteiger partial charge is 0.358 e. The van der Waals surface area contributed by atoms with Crippen molar-refractivity contribution in [3.05, 3.63) is 68.3 Å². The first-order valence-corrected chi connectivity index (χ1v) is 11.8. The van der Waals surface area contributed by atoms with Crippen molar-refractivity contribution in [2.24, 2.45) is 0 Å². The van der Waals surface area contributed by atoms with E-state index >= 15 is 0 Å². The summed E-state index contributed by atoms with van der Waals surface area (Å²) in [4.78, 5) is 20.2. The van der Waals surface area contributed by atoms with Crippen molar-refractivity contribution in [2.75, 3.05) is 27.2 Å². The Hall–Kier alpha value is -2.22. The van der Waals surface area contributed by atoms with Gasteiger partial charge in [-0.1, -0.05) is 23.2 Å². The molecular weight excluding hydrogens is 486 g/mol. The zero-order valence-electron chi connectivity index (χ0n) is 19.2. The number of aryl methyl sites for hydroxylation is 1. The molecule has 3 aromatic rings. The SMILES string of the molecule is Cc1cc(C(F)(F)F)cc2[nH]c(Cc3c(Cl)ccc(C(=O)N4CCC(N(C)C)CC4)c3Cl)cc12. The molecule has 0 radical (unpaired) electrons. The van der Waals surface area contributed by atoms with E-state index < -0.39 is 11.7 Å². The van der Waals surface area contributed by atoms with Crippen LogP contribution >= 0.6 is 23.2 Å². The van der Waals surface area contributed by atoms with Crippen molar-refractivity contribution in [2.45, 2.75) is 38.4 Å². The highest BCUT2D eigenvalue weighted by Crippen LogP contribution is 2.35. The quantitative estimate of drug-likeness (QED) is 0.430. The number of hydrogen-bond donors (Lipinski definition) is 1. The number of aromatic nitrogens is 1. The molecule has 1 saturated heterocycles. The van der Waals surface area contributed by atoms with E-state index in [1.54, 1.807) is 25.1 Å². The summed E-state index contributed by atoms with van der Waals surface area (Å²) in [6.45, 7) is 2.95. The summed E-state index contributed by atoms with van der Waals surface area (Å²) in [5.41, 5.74) is 1.83. The molecule has 1 amide bonds. The molecule has 0 spiro atoms. The highest BCUT2D eigenvalue weighted by atomic mass is 35.5. The number of amides is 1. The van der Waals surface area contributed by atoms with E-state index in [0.29, 0.717) is 57.4 Å². The van der Waals surface area contributed by atoms with Crippen LogP contribution in [0.3, 0.4) is 0 Å². The minimum absolute atomic E-state index is 0.137. The standard InChI is InChI=1S/C25H26Cl2F3N3O/c1-14-10-15(25(28,29)30)11-22-19(14)12-16(31-22)13-20-21(26)5-4-18(23(20)27)24(34)33-8-6-17(7-9-33)32(2)3/h4-5,10-12,17,31H,6-9,13H2,1-3H3. The van der Waals surface area contributed by atoms with Gasteiger partial charge in [0, 0.05) is 47.2 Å². The minimum atomic E-state index is -4.42. The van der Waals surface area contributed by atoms with Gasteiger partial charge in [0.25, 0.3) is 5.91 Å². The lowest BCUT2D eigenvalue weighted by Gasteiger charge is -2.35. The number of nitrogens with zero attached hydrogens (tertiary/aromatic N) is 2. The third kappa shape index (κ3) is 4.92. The van der Waals surface area contributed by atoms with Crippen LogP contribution in [0.1, 0.15) is 45.6 Å². The second kappa shape index (κ2) is 9.44. The number of benzene rings is 2. The summed E-state index contributed by atoms with van der Waals surface area (Å²) >= 11 is 13.1. The topological polar surface area (TPSA) is 39.3 Å². The minimum Gasteiger partial charge on any atom is -0.358 e. The Morgan fingerprint density at radius 1 is 1.15 bits per heavy atom. The largest absolute Gasteiger partial charge is 0.416 e. The average molecular weight is 512 g/mol. The van der Waals surface area contributed by atoms with Crippen LogP contribution in [0, 0.1) is 6.92 Å². The first kappa shape index (κ1) is 24.9. The molecule has 0 unspecified atom stereocenters. The van der Waals surface area contributed by atoms with Crippen molar-refractivity contribution in [3.8, 4) is 0 Å². The van der Waals surface area contributed by atoms with E-state index in [0.717, 1.165) is 25.0 Å². The fourth-order valence-electron chi connectivity index (χ4n) is 4.61. The second-order valence-electron chi connectivity index (χ2n) is 9.10. The molecule has 0 aliphatic carbocycles. The zero-order chi connectivity index (χ0) is 24.8. The maximum absolute atomic E-state index is 13.2. The number of nitrogens with one attached hydrogen (secondary N) is 1. The van der Waals surface area contributed by atoms with Crippen LogP contribution in [0.2, 0.25) is 10.0 Å². The molecule has 1 aliphatic rings. The molecule has 2 aromatic carbocycles. The van der Waals surface area contributed by atoms with Crippen LogP contribution in [0.25, 0.3) is 10.9 Å². The lowest BCUT2D eigenvalue weighted by molar-refractivity contribution is -0.137. The lowest BCUT2D eigenvalue weighted by atomic mass is 10.0. The number of alkyl halides is 3. The van der Waals surface area contributed by atoms with Crippen LogP contribution in [0.15, 0.2) is 30.3 Å². The monoisotopic (exact) mass is 511 g/mol. The molecule has 1 N–H and O–H groups in total. The van der Waals surface area contributed by atoms with E-state index in [9.17, 15) is 18.0 Å². The number of halogens is 5. The maximum atomic E-state index is 13.2. The number of rotatable bonds is 4. The molecule has 4 nitrogen and oxygen atoms in total. The van der Waals surface area contributed by atoms with E-state index in [2.05, 4.69) is 9.88 Å². The van der Waals surface area contributed by atoms with Gasteiger partial charge in [0.15, 0.2) is 0 Å². The number of piperidine rings is 1. The van der Waals surface area contributed by atoms with Gasteiger partial charge in [-0.2, -0.15) is 13.2 Å². The number of H-pyrrole nitrogens is 1. The summed E-state index contributed by atoms with van der Waals surface area (Å²) in [6, 6.07) is 7.78. The Balaban J connectivity index is 1.61. The number of carbonyl (C=O) groups excluding carboxylic acids is 1. The molecule has 182 valence electrons. The molecule has 9 heteroatoms. The van der Waals surface area contributed by atoms with Gasteiger partial charge in [-0.05, 0) is 75.3 Å². The van der Waals surface area contributed by atoms with E-state index in [1.807, 2.05) is 19.0 Å². The number of hydrogen-bond acceptors (Lipinski definition) is 2. The fourth-order valence-corrected chi connectivity index (χ4v) is 5.19. The van der Waals surface area contributed by atoms with Gasteiger partial charge in [-0.25, -0.2) is 0 Å². The highest BCUT2D eigenvalue weighted by molar-refractivity contribution is 6.38. The van der Waals surface area contributed by atoms with Crippen LogP contribution in [0.5, 0.6) is 0 Å². The van der Waals surface area contributed by atoms with Gasteiger partial charge in [-0.15, -0.1) is 0 Å². The van der Waals surface area contributed by atoms with Crippen LogP contribution < -0.4 is 0 Å². The number of carbonyl (C=O) groups is 1. The Morgan fingerprint density at radius 2 is 1.82 bits per heavy atom. The van der Waals surface area contributed by atoms with Gasteiger partial charge in [-0.3, -0.25) is 4.79 Å². The molecule has 0 atom stereocenters.